The Morgan fingerprint density at radius 1 is 0.967 bits per heavy atom. The number of nitrogens with zero attached hydrogens (tertiary/aromatic N) is 2. The van der Waals surface area contributed by atoms with E-state index in [1.54, 1.807) is 39.0 Å². The van der Waals surface area contributed by atoms with Gasteiger partial charge < -0.3 is 4.52 Å². The Labute approximate surface area is 174 Å². The fourth-order valence-electron chi connectivity index (χ4n) is 3.82. The first-order valence-corrected chi connectivity index (χ1v) is 9.76. The summed E-state index contributed by atoms with van der Waals surface area (Å²) in [5.41, 5.74) is 2.05. The summed E-state index contributed by atoms with van der Waals surface area (Å²) in [6, 6.07) is 17.4. The van der Waals surface area contributed by atoms with Gasteiger partial charge in [0.2, 0.25) is 5.78 Å². The van der Waals surface area contributed by atoms with Gasteiger partial charge in [0.15, 0.2) is 5.78 Å². The van der Waals surface area contributed by atoms with Gasteiger partial charge >= 0.3 is 0 Å². The summed E-state index contributed by atoms with van der Waals surface area (Å²) in [6.07, 6.45) is 1.49. The lowest BCUT2D eigenvalue weighted by atomic mass is 9.77. The van der Waals surface area contributed by atoms with E-state index >= 15 is 0 Å². The number of carbonyl (C=O) groups excluding carboxylic acids is 3. The molecule has 6 nitrogen and oxygen atoms in total. The van der Waals surface area contributed by atoms with Crippen molar-refractivity contribution in [1.82, 2.24) is 5.16 Å². The minimum Gasteiger partial charge on any atom is -0.364 e. The minimum absolute atomic E-state index is 0.239. The van der Waals surface area contributed by atoms with Gasteiger partial charge in [-0.05, 0) is 17.7 Å². The van der Waals surface area contributed by atoms with Crippen LogP contribution in [0.25, 0.3) is 11.3 Å². The Hall–Kier alpha value is -3.54. The van der Waals surface area contributed by atoms with Crippen molar-refractivity contribution in [3.63, 3.8) is 0 Å². The summed E-state index contributed by atoms with van der Waals surface area (Å²) in [6.45, 7) is 5.31. The molecule has 3 aromatic rings. The lowest BCUT2D eigenvalue weighted by Gasteiger charge is -2.30. The lowest BCUT2D eigenvalue weighted by molar-refractivity contribution is -0.141. The molecule has 2 aromatic carbocycles. The van der Waals surface area contributed by atoms with Crippen molar-refractivity contribution in [3.8, 4) is 11.3 Å². The molecule has 1 aliphatic rings. The van der Waals surface area contributed by atoms with Crippen molar-refractivity contribution in [2.75, 3.05) is 4.90 Å². The van der Waals surface area contributed by atoms with Gasteiger partial charge in [0, 0.05) is 22.7 Å². The molecule has 1 aliphatic heterocycles. The molecular formula is C24H22N2O4. The van der Waals surface area contributed by atoms with Crippen LogP contribution in [0.5, 0.6) is 0 Å². The van der Waals surface area contributed by atoms with E-state index in [0.717, 1.165) is 11.1 Å². The number of hydrogen-bond donors (Lipinski definition) is 0. The van der Waals surface area contributed by atoms with Crippen LogP contribution in [0.3, 0.4) is 0 Å². The van der Waals surface area contributed by atoms with Gasteiger partial charge in [0.25, 0.3) is 5.91 Å². The van der Waals surface area contributed by atoms with Gasteiger partial charge in [0.05, 0.1) is 6.04 Å². The van der Waals surface area contributed by atoms with Crippen LogP contribution in [-0.2, 0) is 14.4 Å². The Bertz CT molecular complexity index is 1080. The summed E-state index contributed by atoms with van der Waals surface area (Å²) in [5.74, 6) is -2.61. The summed E-state index contributed by atoms with van der Waals surface area (Å²) in [7, 11) is 0. The fourth-order valence-corrected chi connectivity index (χ4v) is 3.82. The highest BCUT2D eigenvalue weighted by Gasteiger charge is 2.53. The zero-order valence-corrected chi connectivity index (χ0v) is 17.0. The van der Waals surface area contributed by atoms with Gasteiger partial charge in [-0.15, -0.1) is 0 Å². The minimum atomic E-state index is -1.05. The molecule has 152 valence electrons. The van der Waals surface area contributed by atoms with E-state index in [1.165, 1.54) is 11.2 Å². The summed E-state index contributed by atoms with van der Waals surface area (Å²) in [4.78, 5) is 40.6. The van der Waals surface area contributed by atoms with Crippen molar-refractivity contribution in [2.45, 2.75) is 26.8 Å². The van der Waals surface area contributed by atoms with E-state index in [1.807, 2.05) is 42.5 Å². The van der Waals surface area contributed by atoms with Gasteiger partial charge in [-0.3, -0.25) is 19.3 Å². The number of benzene rings is 2. The van der Waals surface area contributed by atoms with E-state index in [9.17, 15) is 14.4 Å². The Morgan fingerprint density at radius 3 is 2.20 bits per heavy atom. The molecule has 0 aliphatic carbocycles. The van der Waals surface area contributed by atoms with Crippen molar-refractivity contribution < 1.29 is 18.9 Å². The maximum Gasteiger partial charge on any atom is 0.295 e. The number of aromatic nitrogens is 1. The van der Waals surface area contributed by atoms with E-state index in [0.29, 0.717) is 11.4 Å². The molecule has 0 radical (unpaired) electrons. The lowest BCUT2D eigenvalue weighted by Crippen LogP contribution is -2.35. The number of amides is 1. The number of hydrogen-bond acceptors (Lipinski definition) is 5. The topological polar surface area (TPSA) is 80.5 Å². The molecule has 0 saturated carbocycles. The number of anilines is 1. The molecule has 30 heavy (non-hydrogen) atoms. The normalized spacial score (nSPS) is 19.4. The van der Waals surface area contributed by atoms with Gasteiger partial charge in [0.1, 0.15) is 17.9 Å². The van der Waals surface area contributed by atoms with Gasteiger partial charge in [-0.1, -0.05) is 68.4 Å². The standard InChI is InChI=1S/C24H22N2O4/c1-24(2,3)22(28)19-20(16-7-5-4-6-8-16)26(23(29)21(19)27)17-11-9-15(10-12-17)18-13-14-30-25-18/h4-14,19-20H,1-3H3. The Balaban J connectivity index is 1.80. The van der Waals surface area contributed by atoms with Crippen LogP contribution in [0.1, 0.15) is 32.4 Å². The number of ketones is 2. The van der Waals surface area contributed by atoms with Gasteiger partial charge in [-0.25, -0.2) is 0 Å². The van der Waals surface area contributed by atoms with Crippen LogP contribution < -0.4 is 4.90 Å². The predicted molar refractivity (Wildman–Crippen MR) is 112 cm³/mol. The third-order valence-electron chi connectivity index (χ3n) is 5.35. The Kier molecular flexibility index (Phi) is 4.86. The summed E-state index contributed by atoms with van der Waals surface area (Å²) in [5, 5.41) is 3.91. The van der Waals surface area contributed by atoms with Crippen molar-refractivity contribution in [2.24, 2.45) is 11.3 Å². The quantitative estimate of drug-likeness (QED) is 0.482. The largest absolute Gasteiger partial charge is 0.364 e. The zero-order valence-electron chi connectivity index (χ0n) is 17.0. The number of carbonyl (C=O) groups is 3. The molecule has 1 amide bonds. The first kappa shape index (κ1) is 19.8. The smallest absolute Gasteiger partial charge is 0.295 e. The average molecular weight is 402 g/mol. The highest BCUT2D eigenvalue weighted by Crippen LogP contribution is 2.42. The molecule has 1 aromatic heterocycles. The molecule has 4 rings (SSSR count). The zero-order chi connectivity index (χ0) is 21.5. The number of Topliss-reactive ketones (excluding diaryl/α,β-unsaturated/α-hetero) is 2. The maximum atomic E-state index is 13.2. The molecule has 1 fully saturated rings. The second-order valence-corrected chi connectivity index (χ2v) is 8.42. The first-order chi connectivity index (χ1) is 14.3. The molecule has 1 saturated heterocycles. The number of rotatable bonds is 4. The molecule has 0 spiro atoms. The van der Waals surface area contributed by atoms with Crippen LogP contribution in [0, 0.1) is 11.3 Å². The van der Waals surface area contributed by atoms with Crippen LogP contribution >= 0.6 is 0 Å². The molecule has 0 N–H and O–H groups in total. The van der Waals surface area contributed by atoms with Crippen molar-refractivity contribution in [1.29, 1.82) is 0 Å². The van der Waals surface area contributed by atoms with E-state index in [2.05, 4.69) is 5.16 Å². The highest BCUT2D eigenvalue weighted by atomic mass is 16.5. The third kappa shape index (κ3) is 3.34. The predicted octanol–water partition coefficient (Wildman–Crippen LogP) is 4.23. The highest BCUT2D eigenvalue weighted by molar-refractivity contribution is 6.48. The fraction of sp³-hybridized carbons (Fsp3) is 0.250. The van der Waals surface area contributed by atoms with Gasteiger partial charge in [-0.2, -0.15) is 0 Å². The summed E-state index contributed by atoms with van der Waals surface area (Å²) < 4.78 is 4.88. The molecule has 6 heteroatoms. The molecular weight excluding hydrogens is 380 g/mol. The van der Waals surface area contributed by atoms with E-state index < -0.39 is 29.1 Å². The van der Waals surface area contributed by atoms with Crippen LogP contribution in [0.15, 0.2) is 71.4 Å². The SMILES string of the molecule is CC(C)(C)C(=O)C1C(=O)C(=O)N(c2ccc(-c3ccon3)cc2)C1c1ccccc1. The van der Waals surface area contributed by atoms with Crippen LogP contribution in [0.2, 0.25) is 0 Å². The molecule has 2 atom stereocenters. The van der Waals surface area contributed by atoms with Crippen LogP contribution in [0.4, 0.5) is 5.69 Å². The summed E-state index contributed by atoms with van der Waals surface area (Å²) >= 11 is 0. The second-order valence-electron chi connectivity index (χ2n) is 8.42. The molecule has 2 heterocycles. The second kappa shape index (κ2) is 7.37. The van der Waals surface area contributed by atoms with E-state index in [-0.39, 0.29) is 5.78 Å². The van der Waals surface area contributed by atoms with Crippen molar-refractivity contribution >= 4 is 23.2 Å². The molecule has 0 bridgehead atoms. The monoisotopic (exact) mass is 402 g/mol. The van der Waals surface area contributed by atoms with Crippen LogP contribution in [-0.4, -0.2) is 22.6 Å². The van der Waals surface area contributed by atoms with E-state index in [4.69, 9.17) is 4.52 Å². The maximum absolute atomic E-state index is 13.2. The first-order valence-electron chi connectivity index (χ1n) is 9.76. The van der Waals surface area contributed by atoms with Crippen molar-refractivity contribution in [3.05, 3.63) is 72.5 Å². The molecule has 2 unspecified atom stereocenters. The third-order valence-corrected chi connectivity index (χ3v) is 5.35. The Morgan fingerprint density at radius 2 is 1.63 bits per heavy atom. The average Bonchev–Trinajstić information content (AvgIpc) is 3.35.